The standard InChI is InChI=1S/C25H20ClIN2O3/c1-16-6-3-4-7-18(16)15-32-24-22(27)11-17(12-23(24)31-2)10-19(14-28)25(30)29-21-9-5-8-20(26)13-21/h3-13H,15H2,1-2H3,(H,29,30)/b19-10+. The Morgan fingerprint density at radius 3 is 2.66 bits per heavy atom. The molecule has 3 aromatic rings. The number of methoxy groups -OCH3 is 1. The normalized spacial score (nSPS) is 10.9. The maximum Gasteiger partial charge on any atom is 0.266 e. The first kappa shape index (κ1) is 23.6. The smallest absolute Gasteiger partial charge is 0.266 e. The minimum Gasteiger partial charge on any atom is -0.493 e. The number of carbonyl (C=O) groups is 1. The van der Waals surface area contributed by atoms with Crippen molar-refractivity contribution in [2.75, 3.05) is 12.4 Å². The SMILES string of the molecule is COc1cc(/C=C(\C#N)C(=O)Nc2cccc(Cl)c2)cc(I)c1OCc1ccccc1C. The number of benzene rings is 3. The van der Waals surface area contributed by atoms with E-state index in [0.717, 1.165) is 14.7 Å². The fourth-order valence-corrected chi connectivity index (χ4v) is 3.94. The molecule has 5 nitrogen and oxygen atoms in total. The van der Waals surface area contributed by atoms with Gasteiger partial charge in [0, 0.05) is 10.7 Å². The van der Waals surface area contributed by atoms with Gasteiger partial charge in [-0.25, -0.2) is 0 Å². The molecule has 0 atom stereocenters. The number of amides is 1. The van der Waals surface area contributed by atoms with Crippen molar-refractivity contribution in [3.05, 3.63) is 91.5 Å². The number of nitrogens with zero attached hydrogens (tertiary/aromatic N) is 1. The van der Waals surface area contributed by atoms with Crippen molar-refractivity contribution < 1.29 is 14.3 Å². The number of hydrogen-bond donors (Lipinski definition) is 1. The van der Waals surface area contributed by atoms with Gasteiger partial charge in [0.1, 0.15) is 18.2 Å². The van der Waals surface area contributed by atoms with Crippen LogP contribution in [0.4, 0.5) is 5.69 Å². The van der Waals surface area contributed by atoms with Crippen LogP contribution in [0.5, 0.6) is 11.5 Å². The summed E-state index contributed by atoms with van der Waals surface area (Å²) >= 11 is 8.11. The van der Waals surface area contributed by atoms with Gasteiger partial charge in [0.25, 0.3) is 5.91 Å². The van der Waals surface area contributed by atoms with E-state index in [1.54, 1.807) is 37.4 Å². The van der Waals surface area contributed by atoms with Crippen LogP contribution in [0.1, 0.15) is 16.7 Å². The zero-order valence-corrected chi connectivity index (χ0v) is 20.4. The largest absolute Gasteiger partial charge is 0.493 e. The van der Waals surface area contributed by atoms with Gasteiger partial charge in [-0.3, -0.25) is 4.79 Å². The van der Waals surface area contributed by atoms with E-state index in [1.807, 2.05) is 43.3 Å². The first-order valence-electron chi connectivity index (χ1n) is 9.65. The average Bonchev–Trinajstić information content (AvgIpc) is 2.77. The number of anilines is 1. The third-order valence-corrected chi connectivity index (χ3v) is 5.68. The number of hydrogen-bond acceptors (Lipinski definition) is 4. The van der Waals surface area contributed by atoms with Crippen molar-refractivity contribution >= 4 is 51.9 Å². The fraction of sp³-hybridized carbons (Fsp3) is 0.120. The molecule has 0 aliphatic carbocycles. The Balaban J connectivity index is 1.83. The van der Waals surface area contributed by atoms with Gasteiger partial charge >= 0.3 is 0 Å². The summed E-state index contributed by atoms with van der Waals surface area (Å²) in [6.45, 7) is 2.44. The lowest BCUT2D eigenvalue weighted by molar-refractivity contribution is -0.112. The van der Waals surface area contributed by atoms with Gasteiger partial charge < -0.3 is 14.8 Å². The molecule has 0 saturated heterocycles. The van der Waals surface area contributed by atoms with Crippen LogP contribution < -0.4 is 14.8 Å². The Kier molecular flexibility index (Phi) is 8.14. The van der Waals surface area contributed by atoms with E-state index in [1.165, 1.54) is 6.08 Å². The fourth-order valence-electron chi connectivity index (χ4n) is 2.97. The zero-order chi connectivity index (χ0) is 23.1. The second-order valence-corrected chi connectivity index (χ2v) is 8.48. The number of ether oxygens (including phenoxy) is 2. The number of aryl methyl sites for hydroxylation is 1. The predicted octanol–water partition coefficient (Wildman–Crippen LogP) is 6.39. The number of rotatable bonds is 7. The predicted molar refractivity (Wildman–Crippen MR) is 135 cm³/mol. The van der Waals surface area contributed by atoms with Crippen LogP contribution in [0.2, 0.25) is 5.02 Å². The molecule has 0 spiro atoms. The van der Waals surface area contributed by atoms with Crippen molar-refractivity contribution in [3.63, 3.8) is 0 Å². The lowest BCUT2D eigenvalue weighted by Gasteiger charge is -2.15. The molecule has 0 radical (unpaired) electrons. The summed E-state index contributed by atoms with van der Waals surface area (Å²) in [5.41, 5.74) is 3.34. The minimum atomic E-state index is -0.524. The lowest BCUT2D eigenvalue weighted by atomic mass is 10.1. The molecule has 1 amide bonds. The summed E-state index contributed by atoms with van der Waals surface area (Å²) in [5.74, 6) is 0.600. The molecular weight excluding hydrogens is 539 g/mol. The Morgan fingerprint density at radius 1 is 1.19 bits per heavy atom. The van der Waals surface area contributed by atoms with Crippen LogP contribution in [0.25, 0.3) is 6.08 Å². The Hall–Kier alpha value is -3.02. The quantitative estimate of drug-likeness (QED) is 0.207. The molecule has 3 aromatic carbocycles. The molecule has 162 valence electrons. The summed E-state index contributed by atoms with van der Waals surface area (Å²) in [4.78, 5) is 12.6. The maximum atomic E-state index is 12.6. The molecule has 0 fully saturated rings. The molecule has 0 aliphatic rings. The third kappa shape index (κ3) is 6.02. The summed E-state index contributed by atoms with van der Waals surface area (Å²) in [7, 11) is 1.55. The van der Waals surface area contributed by atoms with E-state index in [-0.39, 0.29) is 5.57 Å². The number of nitrogens with one attached hydrogen (secondary N) is 1. The van der Waals surface area contributed by atoms with Crippen LogP contribution in [0.15, 0.2) is 66.2 Å². The molecule has 0 aromatic heterocycles. The van der Waals surface area contributed by atoms with Crippen molar-refractivity contribution in [1.29, 1.82) is 5.26 Å². The molecule has 1 N–H and O–H groups in total. The van der Waals surface area contributed by atoms with Crippen LogP contribution in [0, 0.1) is 21.8 Å². The minimum absolute atomic E-state index is 0.0450. The molecule has 7 heteroatoms. The van der Waals surface area contributed by atoms with Gasteiger partial charge in [0.15, 0.2) is 11.5 Å². The number of halogens is 2. The molecule has 0 unspecified atom stereocenters. The van der Waals surface area contributed by atoms with Gasteiger partial charge in [-0.15, -0.1) is 0 Å². The van der Waals surface area contributed by atoms with Gasteiger partial charge in [-0.1, -0.05) is 41.9 Å². The highest BCUT2D eigenvalue weighted by molar-refractivity contribution is 14.1. The molecule has 3 rings (SSSR count). The van der Waals surface area contributed by atoms with E-state index in [9.17, 15) is 10.1 Å². The third-order valence-electron chi connectivity index (χ3n) is 4.64. The monoisotopic (exact) mass is 558 g/mol. The molecule has 0 aliphatic heterocycles. The van der Waals surface area contributed by atoms with E-state index in [4.69, 9.17) is 21.1 Å². The van der Waals surface area contributed by atoms with E-state index in [0.29, 0.717) is 34.4 Å². The molecule has 0 saturated carbocycles. The molecule has 0 bridgehead atoms. The van der Waals surface area contributed by atoms with E-state index in [2.05, 4.69) is 27.9 Å². The van der Waals surface area contributed by atoms with Crippen LogP contribution in [-0.2, 0) is 11.4 Å². The van der Waals surface area contributed by atoms with E-state index < -0.39 is 5.91 Å². The van der Waals surface area contributed by atoms with Crippen molar-refractivity contribution in [2.45, 2.75) is 13.5 Å². The second kappa shape index (κ2) is 11.0. The van der Waals surface area contributed by atoms with Crippen molar-refractivity contribution in [2.24, 2.45) is 0 Å². The topological polar surface area (TPSA) is 71.3 Å². The first-order valence-corrected chi connectivity index (χ1v) is 11.1. The second-order valence-electron chi connectivity index (χ2n) is 6.88. The maximum absolute atomic E-state index is 12.6. The summed E-state index contributed by atoms with van der Waals surface area (Å²) in [6.07, 6.45) is 1.51. The van der Waals surface area contributed by atoms with Crippen LogP contribution in [0.3, 0.4) is 0 Å². The Labute approximate surface area is 205 Å². The summed E-state index contributed by atoms with van der Waals surface area (Å²) < 4.78 is 12.4. The Bertz CT molecular complexity index is 1220. The average molecular weight is 559 g/mol. The summed E-state index contributed by atoms with van der Waals surface area (Å²) in [5, 5.41) is 12.7. The van der Waals surface area contributed by atoms with Gasteiger partial charge in [0.05, 0.1) is 10.7 Å². The lowest BCUT2D eigenvalue weighted by Crippen LogP contribution is -2.13. The molecule has 0 heterocycles. The van der Waals surface area contributed by atoms with Gasteiger partial charge in [-0.05, 0) is 82.6 Å². The van der Waals surface area contributed by atoms with Gasteiger partial charge in [0.2, 0.25) is 0 Å². The highest BCUT2D eigenvalue weighted by atomic mass is 127. The van der Waals surface area contributed by atoms with Crippen molar-refractivity contribution in [3.8, 4) is 17.6 Å². The van der Waals surface area contributed by atoms with Crippen LogP contribution in [-0.4, -0.2) is 13.0 Å². The Morgan fingerprint density at radius 2 is 1.97 bits per heavy atom. The van der Waals surface area contributed by atoms with Gasteiger partial charge in [-0.2, -0.15) is 5.26 Å². The highest BCUT2D eigenvalue weighted by Crippen LogP contribution is 2.35. The van der Waals surface area contributed by atoms with E-state index >= 15 is 0 Å². The molecule has 32 heavy (non-hydrogen) atoms. The highest BCUT2D eigenvalue weighted by Gasteiger charge is 2.15. The van der Waals surface area contributed by atoms with Crippen molar-refractivity contribution in [1.82, 2.24) is 0 Å². The summed E-state index contributed by atoms with van der Waals surface area (Å²) in [6, 6.07) is 20.3. The zero-order valence-electron chi connectivity index (χ0n) is 17.5. The first-order chi connectivity index (χ1) is 15.4. The van der Waals surface area contributed by atoms with Crippen LogP contribution >= 0.6 is 34.2 Å². The number of nitriles is 1. The number of carbonyl (C=O) groups excluding carboxylic acids is 1. The molecular formula is C25H20ClIN2O3.